The van der Waals surface area contributed by atoms with E-state index in [4.69, 9.17) is 20.4 Å². The number of nitrogens with one attached hydrogen (secondary N) is 1. The van der Waals surface area contributed by atoms with Gasteiger partial charge in [-0.3, -0.25) is 4.79 Å². The summed E-state index contributed by atoms with van der Waals surface area (Å²) in [5, 5.41) is 37.8. The van der Waals surface area contributed by atoms with E-state index in [1.165, 1.54) is 6.92 Å². The molecule has 6 heteroatoms. The minimum atomic E-state index is -1.46. The molecule has 5 N–H and O–H groups in total. The highest BCUT2D eigenvalue weighted by Gasteiger charge is 2.23. The largest absolute Gasteiger partial charge is 0.394 e. The second kappa shape index (κ2) is 5.87. The van der Waals surface area contributed by atoms with Gasteiger partial charge in [-0.05, 0) is 0 Å². The first-order chi connectivity index (χ1) is 5.99. The maximum Gasteiger partial charge on any atom is 0.216 e. The van der Waals surface area contributed by atoms with Gasteiger partial charge in [0.05, 0.1) is 12.7 Å². The van der Waals surface area contributed by atoms with Gasteiger partial charge < -0.3 is 25.7 Å². The van der Waals surface area contributed by atoms with Gasteiger partial charge in [-0.25, -0.2) is 0 Å². The molecule has 0 aromatic rings. The third kappa shape index (κ3) is 4.79. The molecule has 13 heavy (non-hydrogen) atoms. The number of hydrogen-bond acceptors (Lipinski definition) is 5. The molecule has 0 bridgehead atoms. The lowest BCUT2D eigenvalue weighted by molar-refractivity contribution is -0.120. The van der Waals surface area contributed by atoms with E-state index < -0.39 is 24.9 Å². The lowest BCUT2D eigenvalue weighted by atomic mass is 10.1. The Balaban J connectivity index is 3.81. The van der Waals surface area contributed by atoms with E-state index in [1.54, 1.807) is 0 Å². The zero-order valence-corrected chi connectivity index (χ0v) is 7.34. The first-order valence-electron chi connectivity index (χ1n) is 3.88. The molecule has 3 unspecified atom stereocenters. The summed E-state index contributed by atoms with van der Waals surface area (Å²) in [4.78, 5) is 10.4. The standard InChI is InChI=1S/C7H15NO5/c1-4(10)8-2-5(11)7(13)6(12)3-9/h5-7,9,11-13H,2-3H2,1H3,(H,8,10). The van der Waals surface area contributed by atoms with Gasteiger partial charge in [0.2, 0.25) is 5.91 Å². The summed E-state index contributed by atoms with van der Waals surface area (Å²) in [6.45, 7) is 0.466. The number of aliphatic hydroxyl groups is 4. The minimum absolute atomic E-state index is 0.159. The van der Waals surface area contributed by atoms with E-state index in [0.717, 1.165) is 0 Å². The van der Waals surface area contributed by atoms with Gasteiger partial charge in [0.1, 0.15) is 12.2 Å². The molecule has 0 fully saturated rings. The highest BCUT2D eigenvalue weighted by atomic mass is 16.4. The number of aliphatic hydroxyl groups excluding tert-OH is 4. The van der Waals surface area contributed by atoms with Crippen LogP contribution < -0.4 is 5.32 Å². The molecule has 0 heterocycles. The summed E-state index contributed by atoms with van der Waals surface area (Å²) in [5.74, 6) is -0.343. The van der Waals surface area contributed by atoms with E-state index in [1.807, 2.05) is 0 Å². The highest BCUT2D eigenvalue weighted by molar-refractivity contribution is 5.72. The molecule has 78 valence electrons. The van der Waals surface area contributed by atoms with E-state index in [0.29, 0.717) is 0 Å². The predicted octanol–water partition coefficient (Wildman–Crippen LogP) is -2.80. The zero-order chi connectivity index (χ0) is 10.4. The van der Waals surface area contributed by atoms with Crippen LogP contribution in [0.3, 0.4) is 0 Å². The second-order valence-corrected chi connectivity index (χ2v) is 2.74. The molecule has 0 aliphatic carbocycles. The van der Waals surface area contributed by atoms with Crippen LogP contribution in [0, 0.1) is 0 Å². The Hall–Kier alpha value is -0.690. The summed E-state index contributed by atoms with van der Waals surface area (Å²) in [7, 11) is 0. The quantitative estimate of drug-likeness (QED) is 0.324. The summed E-state index contributed by atoms with van der Waals surface area (Å²) in [6.07, 6.45) is -4.15. The summed E-state index contributed by atoms with van der Waals surface area (Å²) >= 11 is 0. The summed E-state index contributed by atoms with van der Waals surface area (Å²) < 4.78 is 0. The minimum Gasteiger partial charge on any atom is -0.394 e. The van der Waals surface area contributed by atoms with Crippen LogP contribution in [0.1, 0.15) is 6.92 Å². The van der Waals surface area contributed by atoms with Crippen LogP contribution in [0.5, 0.6) is 0 Å². The molecule has 6 nitrogen and oxygen atoms in total. The van der Waals surface area contributed by atoms with Gasteiger partial charge in [0.15, 0.2) is 0 Å². The van der Waals surface area contributed by atoms with Crippen molar-refractivity contribution in [3.63, 3.8) is 0 Å². The average molecular weight is 193 g/mol. The van der Waals surface area contributed by atoms with Crippen LogP contribution in [0.4, 0.5) is 0 Å². The molecule has 0 saturated heterocycles. The zero-order valence-electron chi connectivity index (χ0n) is 7.34. The van der Waals surface area contributed by atoms with Crippen LogP contribution >= 0.6 is 0 Å². The fourth-order valence-corrected chi connectivity index (χ4v) is 0.733. The van der Waals surface area contributed by atoms with Crippen molar-refractivity contribution in [2.45, 2.75) is 25.2 Å². The van der Waals surface area contributed by atoms with Gasteiger partial charge in [0.25, 0.3) is 0 Å². The normalized spacial score (nSPS) is 17.6. The van der Waals surface area contributed by atoms with E-state index >= 15 is 0 Å². The van der Waals surface area contributed by atoms with Crippen molar-refractivity contribution in [3.05, 3.63) is 0 Å². The lowest BCUT2D eigenvalue weighted by Crippen LogP contribution is -2.45. The molecular formula is C7H15NO5. The Morgan fingerprint density at radius 1 is 1.31 bits per heavy atom. The van der Waals surface area contributed by atoms with Crippen LogP contribution in [0.15, 0.2) is 0 Å². The topological polar surface area (TPSA) is 110 Å². The molecule has 0 aromatic heterocycles. The maximum atomic E-state index is 10.4. The van der Waals surface area contributed by atoms with Crippen LogP contribution in [0.25, 0.3) is 0 Å². The third-order valence-corrected chi connectivity index (χ3v) is 1.54. The third-order valence-electron chi connectivity index (χ3n) is 1.54. The van der Waals surface area contributed by atoms with E-state index in [2.05, 4.69) is 5.32 Å². The monoisotopic (exact) mass is 193 g/mol. The van der Waals surface area contributed by atoms with E-state index in [9.17, 15) is 4.79 Å². The van der Waals surface area contributed by atoms with Crippen molar-refractivity contribution >= 4 is 5.91 Å². The van der Waals surface area contributed by atoms with Gasteiger partial charge in [-0.1, -0.05) is 0 Å². The van der Waals surface area contributed by atoms with Crippen LogP contribution in [-0.2, 0) is 4.79 Å². The average Bonchev–Trinajstić information content (AvgIpc) is 2.11. The lowest BCUT2D eigenvalue weighted by Gasteiger charge is -2.21. The van der Waals surface area contributed by atoms with Crippen molar-refractivity contribution in [1.82, 2.24) is 5.32 Å². The maximum absolute atomic E-state index is 10.4. The van der Waals surface area contributed by atoms with Gasteiger partial charge >= 0.3 is 0 Å². The molecular weight excluding hydrogens is 178 g/mol. The Bertz CT molecular complexity index is 163. The highest BCUT2D eigenvalue weighted by Crippen LogP contribution is 1.98. The molecule has 1 amide bonds. The molecule has 0 rings (SSSR count). The first kappa shape index (κ1) is 12.3. The van der Waals surface area contributed by atoms with Gasteiger partial charge in [0, 0.05) is 13.5 Å². The molecule has 0 spiro atoms. The number of carbonyl (C=O) groups excluding carboxylic acids is 1. The van der Waals surface area contributed by atoms with Crippen LogP contribution in [-0.4, -0.2) is 57.8 Å². The molecule has 0 aliphatic heterocycles. The van der Waals surface area contributed by atoms with Crippen molar-refractivity contribution in [2.24, 2.45) is 0 Å². The molecule has 3 atom stereocenters. The van der Waals surface area contributed by atoms with Gasteiger partial charge in [-0.2, -0.15) is 0 Å². The molecule has 0 aromatic carbocycles. The number of amides is 1. The Morgan fingerprint density at radius 2 is 1.85 bits per heavy atom. The van der Waals surface area contributed by atoms with Crippen molar-refractivity contribution < 1.29 is 25.2 Å². The smallest absolute Gasteiger partial charge is 0.216 e. The molecule has 0 radical (unpaired) electrons. The number of hydrogen-bond donors (Lipinski definition) is 5. The van der Waals surface area contributed by atoms with Gasteiger partial charge in [-0.15, -0.1) is 0 Å². The predicted molar refractivity (Wildman–Crippen MR) is 43.8 cm³/mol. The number of rotatable bonds is 5. The number of carbonyl (C=O) groups is 1. The second-order valence-electron chi connectivity index (χ2n) is 2.74. The fourth-order valence-electron chi connectivity index (χ4n) is 0.733. The molecule has 0 aliphatic rings. The van der Waals surface area contributed by atoms with E-state index in [-0.39, 0.29) is 12.5 Å². The van der Waals surface area contributed by atoms with Crippen LogP contribution in [0.2, 0.25) is 0 Å². The SMILES string of the molecule is CC(=O)NCC(O)C(O)C(O)CO. The first-order valence-corrected chi connectivity index (χ1v) is 3.88. The Kier molecular flexibility index (Phi) is 5.56. The van der Waals surface area contributed by atoms with Crippen molar-refractivity contribution in [3.8, 4) is 0 Å². The summed E-state index contributed by atoms with van der Waals surface area (Å²) in [5.41, 5.74) is 0. The Labute approximate surface area is 75.8 Å². The fraction of sp³-hybridized carbons (Fsp3) is 0.857. The van der Waals surface area contributed by atoms with Crippen molar-refractivity contribution in [1.29, 1.82) is 0 Å². The Morgan fingerprint density at radius 3 is 2.23 bits per heavy atom. The summed E-state index contributed by atoms with van der Waals surface area (Å²) in [6, 6.07) is 0. The van der Waals surface area contributed by atoms with Crippen molar-refractivity contribution in [2.75, 3.05) is 13.2 Å². The molecule has 0 saturated carbocycles.